The molecule has 2 aromatic carbocycles. The minimum absolute atomic E-state index is 0.300. The molecule has 146 valence electrons. The molecule has 0 saturated heterocycles. The number of nitrogens with one attached hydrogen (secondary N) is 2. The quantitative estimate of drug-likeness (QED) is 0.435. The lowest BCUT2D eigenvalue weighted by molar-refractivity contribution is 0.0947. The molecule has 7 heteroatoms. The Morgan fingerprint density at radius 3 is 2.69 bits per heavy atom. The number of H-pyrrole nitrogens is 1. The van der Waals surface area contributed by atoms with E-state index in [0.29, 0.717) is 40.2 Å². The molecule has 2 heterocycles. The molecule has 0 aliphatic rings. The van der Waals surface area contributed by atoms with Crippen molar-refractivity contribution < 1.29 is 9.53 Å². The number of aromatic amines is 1. The topological polar surface area (TPSA) is 67.0 Å². The van der Waals surface area contributed by atoms with E-state index in [1.807, 2.05) is 36.4 Å². The number of fused-ring (bicyclic) bond motifs is 1. The van der Waals surface area contributed by atoms with Crippen LogP contribution in [0.25, 0.3) is 10.9 Å². The van der Waals surface area contributed by atoms with Crippen LogP contribution in [0.2, 0.25) is 10.0 Å². The number of aromatic nitrogens is 2. The van der Waals surface area contributed by atoms with Crippen LogP contribution in [-0.2, 0) is 13.2 Å². The number of halogens is 2. The SMILES string of the molecule is O=C(NCc1ccnc(OCc2ccccc2)c1)c1[nH]c2ccc(Cl)cc2c1Cl. The number of amides is 1. The number of nitrogens with zero attached hydrogens (tertiary/aromatic N) is 1. The van der Waals surface area contributed by atoms with Crippen molar-refractivity contribution in [1.29, 1.82) is 0 Å². The normalized spacial score (nSPS) is 10.8. The molecule has 0 spiro atoms. The minimum Gasteiger partial charge on any atom is -0.473 e. The van der Waals surface area contributed by atoms with Gasteiger partial charge in [0.1, 0.15) is 12.3 Å². The molecule has 2 N–H and O–H groups in total. The van der Waals surface area contributed by atoms with E-state index in [2.05, 4.69) is 15.3 Å². The zero-order valence-electron chi connectivity index (χ0n) is 15.3. The van der Waals surface area contributed by atoms with Crippen LogP contribution in [0.15, 0.2) is 66.9 Å². The first kappa shape index (κ1) is 19.3. The van der Waals surface area contributed by atoms with Crippen LogP contribution in [-0.4, -0.2) is 15.9 Å². The number of hydrogen-bond acceptors (Lipinski definition) is 3. The lowest BCUT2D eigenvalue weighted by Gasteiger charge is -2.08. The molecule has 0 aliphatic carbocycles. The Hall–Kier alpha value is -3.02. The van der Waals surface area contributed by atoms with E-state index in [9.17, 15) is 4.79 Å². The highest BCUT2D eigenvalue weighted by Gasteiger charge is 2.16. The van der Waals surface area contributed by atoms with E-state index >= 15 is 0 Å². The fourth-order valence-electron chi connectivity index (χ4n) is 2.93. The predicted molar refractivity (Wildman–Crippen MR) is 114 cm³/mol. The summed E-state index contributed by atoms with van der Waals surface area (Å²) in [6.45, 7) is 0.742. The van der Waals surface area contributed by atoms with Crippen molar-refractivity contribution in [3.8, 4) is 5.88 Å². The third-order valence-electron chi connectivity index (χ3n) is 4.41. The average Bonchev–Trinajstić information content (AvgIpc) is 3.07. The van der Waals surface area contributed by atoms with E-state index < -0.39 is 0 Å². The summed E-state index contributed by atoms with van der Waals surface area (Å²) in [5, 5.41) is 4.48. The van der Waals surface area contributed by atoms with Gasteiger partial charge in [0.25, 0.3) is 5.91 Å². The number of benzene rings is 2. The highest BCUT2D eigenvalue weighted by molar-refractivity contribution is 6.39. The Morgan fingerprint density at radius 1 is 1.03 bits per heavy atom. The maximum absolute atomic E-state index is 12.6. The van der Waals surface area contributed by atoms with Gasteiger partial charge in [0.2, 0.25) is 5.88 Å². The molecular weight excluding hydrogens is 409 g/mol. The fourth-order valence-corrected chi connectivity index (χ4v) is 3.39. The maximum atomic E-state index is 12.6. The highest BCUT2D eigenvalue weighted by Crippen LogP contribution is 2.29. The Morgan fingerprint density at radius 2 is 1.86 bits per heavy atom. The monoisotopic (exact) mass is 425 g/mol. The third kappa shape index (κ3) is 4.53. The summed E-state index contributed by atoms with van der Waals surface area (Å²) in [4.78, 5) is 19.8. The van der Waals surface area contributed by atoms with Gasteiger partial charge in [-0.1, -0.05) is 53.5 Å². The van der Waals surface area contributed by atoms with Gasteiger partial charge in [0.15, 0.2) is 0 Å². The molecule has 4 aromatic rings. The van der Waals surface area contributed by atoms with Gasteiger partial charge < -0.3 is 15.0 Å². The van der Waals surface area contributed by atoms with Crippen LogP contribution in [0.1, 0.15) is 21.6 Å². The lowest BCUT2D eigenvalue weighted by Crippen LogP contribution is -2.23. The van der Waals surface area contributed by atoms with Crippen LogP contribution in [0.3, 0.4) is 0 Å². The first-order chi connectivity index (χ1) is 14.1. The van der Waals surface area contributed by atoms with Crippen LogP contribution in [0.4, 0.5) is 0 Å². The maximum Gasteiger partial charge on any atom is 0.269 e. The second kappa shape index (κ2) is 8.55. The summed E-state index contributed by atoms with van der Waals surface area (Å²) in [6, 6.07) is 18.7. The van der Waals surface area contributed by atoms with Crippen molar-refractivity contribution >= 4 is 40.0 Å². The predicted octanol–water partition coefficient (Wildman–Crippen LogP) is 5.38. The Bertz CT molecular complexity index is 1160. The molecule has 0 saturated carbocycles. The molecule has 5 nitrogen and oxygen atoms in total. The van der Waals surface area contributed by atoms with Gasteiger partial charge in [-0.2, -0.15) is 0 Å². The summed E-state index contributed by atoms with van der Waals surface area (Å²) in [7, 11) is 0. The number of rotatable bonds is 6. The van der Waals surface area contributed by atoms with E-state index in [1.165, 1.54) is 0 Å². The third-order valence-corrected chi connectivity index (χ3v) is 5.03. The van der Waals surface area contributed by atoms with Gasteiger partial charge in [-0.15, -0.1) is 0 Å². The van der Waals surface area contributed by atoms with Gasteiger partial charge in [0.05, 0.1) is 5.02 Å². The standard InChI is InChI=1S/C22H17Cl2N3O2/c23-16-6-7-18-17(11-16)20(24)21(27-18)22(28)26-12-15-8-9-25-19(10-15)29-13-14-4-2-1-3-5-14/h1-11,27H,12-13H2,(H,26,28). The molecular formula is C22H17Cl2N3O2. The number of carbonyl (C=O) groups is 1. The molecule has 0 radical (unpaired) electrons. The minimum atomic E-state index is -0.300. The molecule has 4 rings (SSSR count). The lowest BCUT2D eigenvalue weighted by atomic mass is 10.2. The molecule has 0 fully saturated rings. The van der Waals surface area contributed by atoms with Crippen LogP contribution < -0.4 is 10.1 Å². The highest BCUT2D eigenvalue weighted by atomic mass is 35.5. The van der Waals surface area contributed by atoms with Gasteiger partial charge >= 0.3 is 0 Å². The number of hydrogen-bond donors (Lipinski definition) is 2. The van der Waals surface area contributed by atoms with Crippen molar-refractivity contribution in [3.05, 3.63) is 93.7 Å². The molecule has 0 atom stereocenters. The first-order valence-corrected chi connectivity index (χ1v) is 9.72. The van der Waals surface area contributed by atoms with Crippen molar-refractivity contribution in [2.45, 2.75) is 13.2 Å². The van der Waals surface area contributed by atoms with Crippen molar-refractivity contribution in [2.24, 2.45) is 0 Å². The molecule has 0 unspecified atom stereocenters. The number of ether oxygens (including phenoxy) is 1. The van der Waals surface area contributed by atoms with E-state index in [1.54, 1.807) is 30.5 Å². The van der Waals surface area contributed by atoms with Crippen LogP contribution >= 0.6 is 23.2 Å². The second-order valence-corrected chi connectivity index (χ2v) is 7.28. The molecule has 0 aliphatic heterocycles. The summed E-state index contributed by atoms with van der Waals surface area (Å²) >= 11 is 12.4. The van der Waals surface area contributed by atoms with Gasteiger partial charge in [-0.3, -0.25) is 4.79 Å². The summed E-state index contributed by atoms with van der Waals surface area (Å²) < 4.78 is 5.73. The molecule has 1 amide bonds. The van der Waals surface area contributed by atoms with Crippen molar-refractivity contribution in [3.63, 3.8) is 0 Å². The Kier molecular flexibility index (Phi) is 5.69. The zero-order valence-corrected chi connectivity index (χ0v) is 16.8. The van der Waals surface area contributed by atoms with Crippen LogP contribution in [0.5, 0.6) is 5.88 Å². The first-order valence-electron chi connectivity index (χ1n) is 8.97. The largest absolute Gasteiger partial charge is 0.473 e. The number of pyridine rings is 1. The summed E-state index contributed by atoms with van der Waals surface area (Å²) in [5.41, 5.74) is 2.98. The van der Waals surface area contributed by atoms with Crippen LogP contribution in [0, 0.1) is 0 Å². The molecule has 2 aromatic heterocycles. The van der Waals surface area contributed by atoms with Gasteiger partial charge in [0, 0.05) is 34.7 Å². The smallest absolute Gasteiger partial charge is 0.269 e. The van der Waals surface area contributed by atoms with E-state index in [-0.39, 0.29) is 5.91 Å². The molecule has 29 heavy (non-hydrogen) atoms. The van der Waals surface area contributed by atoms with Gasteiger partial charge in [-0.05, 0) is 35.4 Å². The van der Waals surface area contributed by atoms with Gasteiger partial charge in [-0.25, -0.2) is 4.98 Å². The van der Waals surface area contributed by atoms with E-state index in [0.717, 1.165) is 16.6 Å². The number of carbonyl (C=O) groups excluding carboxylic acids is 1. The Labute approximate surface area is 177 Å². The summed E-state index contributed by atoms with van der Waals surface area (Å²) in [5.74, 6) is 0.199. The Balaban J connectivity index is 1.41. The van der Waals surface area contributed by atoms with Crippen molar-refractivity contribution in [1.82, 2.24) is 15.3 Å². The van der Waals surface area contributed by atoms with E-state index in [4.69, 9.17) is 27.9 Å². The van der Waals surface area contributed by atoms with Crippen molar-refractivity contribution in [2.75, 3.05) is 0 Å². The fraction of sp³-hybridized carbons (Fsp3) is 0.0909. The summed E-state index contributed by atoms with van der Waals surface area (Å²) in [6.07, 6.45) is 1.65. The molecule has 0 bridgehead atoms. The average molecular weight is 426 g/mol. The zero-order chi connectivity index (χ0) is 20.2. The second-order valence-electron chi connectivity index (χ2n) is 6.46.